The summed E-state index contributed by atoms with van der Waals surface area (Å²) in [6.45, 7) is 0. The number of anilines is 1. The molecule has 5 heteroatoms. The van der Waals surface area contributed by atoms with Crippen molar-refractivity contribution < 1.29 is 19.8 Å². The van der Waals surface area contributed by atoms with E-state index >= 15 is 0 Å². The summed E-state index contributed by atoms with van der Waals surface area (Å²) in [5, 5.41) is 19.0. The molecular weight excluding hydrogens is 246 g/mol. The Balaban J connectivity index is 2.14. The summed E-state index contributed by atoms with van der Waals surface area (Å²) in [7, 11) is 0. The molecule has 2 aromatic rings. The van der Waals surface area contributed by atoms with Gasteiger partial charge in [0.25, 0.3) is 11.8 Å². The average molecular weight is 255 g/mol. The van der Waals surface area contributed by atoms with Crippen LogP contribution in [0.2, 0.25) is 0 Å². The van der Waals surface area contributed by atoms with E-state index in [2.05, 4.69) is 0 Å². The van der Waals surface area contributed by atoms with Gasteiger partial charge >= 0.3 is 0 Å². The first-order valence-corrected chi connectivity index (χ1v) is 5.59. The lowest BCUT2D eigenvalue weighted by Crippen LogP contribution is -2.29. The number of nitrogens with zero attached hydrogens (tertiary/aromatic N) is 1. The van der Waals surface area contributed by atoms with E-state index < -0.39 is 11.8 Å². The van der Waals surface area contributed by atoms with Crippen LogP contribution in [-0.4, -0.2) is 22.0 Å². The van der Waals surface area contributed by atoms with Gasteiger partial charge in [0.15, 0.2) is 0 Å². The van der Waals surface area contributed by atoms with Crippen LogP contribution in [0.15, 0.2) is 42.5 Å². The van der Waals surface area contributed by atoms with Gasteiger partial charge in [-0.25, -0.2) is 4.90 Å². The summed E-state index contributed by atoms with van der Waals surface area (Å²) in [4.78, 5) is 25.3. The van der Waals surface area contributed by atoms with Crippen molar-refractivity contribution in [3.05, 3.63) is 53.6 Å². The molecule has 3 rings (SSSR count). The minimum Gasteiger partial charge on any atom is -0.508 e. The summed E-state index contributed by atoms with van der Waals surface area (Å²) in [5.74, 6) is -1.43. The molecule has 0 radical (unpaired) electrons. The van der Waals surface area contributed by atoms with E-state index in [9.17, 15) is 19.8 Å². The van der Waals surface area contributed by atoms with Crippen molar-refractivity contribution in [1.82, 2.24) is 0 Å². The Hall–Kier alpha value is -2.82. The SMILES string of the molecule is O=C1c2ccccc2C(=O)N1c1ccc(O)cc1O. The molecule has 1 heterocycles. The highest BCUT2D eigenvalue weighted by Crippen LogP contribution is 2.35. The summed E-state index contributed by atoms with van der Waals surface area (Å²) >= 11 is 0. The van der Waals surface area contributed by atoms with Gasteiger partial charge in [0.1, 0.15) is 11.5 Å². The molecule has 2 aromatic carbocycles. The third-order valence-electron chi connectivity index (χ3n) is 2.99. The van der Waals surface area contributed by atoms with E-state index in [4.69, 9.17) is 0 Å². The number of carbonyl (C=O) groups is 2. The van der Waals surface area contributed by atoms with Gasteiger partial charge in [0.05, 0.1) is 16.8 Å². The number of carbonyl (C=O) groups excluding carboxylic acids is 2. The number of imide groups is 1. The second-order valence-corrected chi connectivity index (χ2v) is 4.16. The van der Waals surface area contributed by atoms with Gasteiger partial charge < -0.3 is 10.2 Å². The second-order valence-electron chi connectivity index (χ2n) is 4.16. The van der Waals surface area contributed by atoms with Crippen molar-refractivity contribution in [3.63, 3.8) is 0 Å². The zero-order valence-corrected chi connectivity index (χ0v) is 9.70. The molecule has 0 atom stereocenters. The first kappa shape index (κ1) is 11.3. The highest BCUT2D eigenvalue weighted by Gasteiger charge is 2.37. The number of amides is 2. The predicted octanol–water partition coefficient (Wildman–Crippen LogP) is 1.90. The molecule has 0 saturated carbocycles. The number of phenolic OH excluding ortho intramolecular Hbond substituents is 2. The fraction of sp³-hybridized carbons (Fsp3) is 0. The highest BCUT2D eigenvalue weighted by atomic mass is 16.3. The predicted molar refractivity (Wildman–Crippen MR) is 67.4 cm³/mol. The molecule has 2 amide bonds. The first-order valence-electron chi connectivity index (χ1n) is 5.59. The molecule has 1 aliphatic rings. The van der Waals surface area contributed by atoms with Crippen molar-refractivity contribution in [3.8, 4) is 11.5 Å². The molecule has 0 fully saturated rings. The van der Waals surface area contributed by atoms with Crippen molar-refractivity contribution >= 4 is 17.5 Å². The van der Waals surface area contributed by atoms with Gasteiger partial charge in [-0.15, -0.1) is 0 Å². The number of rotatable bonds is 1. The molecule has 0 bridgehead atoms. The van der Waals surface area contributed by atoms with Crippen molar-refractivity contribution in [2.75, 3.05) is 4.90 Å². The van der Waals surface area contributed by atoms with E-state index in [1.54, 1.807) is 24.3 Å². The molecule has 0 aliphatic carbocycles. The van der Waals surface area contributed by atoms with Crippen LogP contribution in [0.5, 0.6) is 11.5 Å². The van der Waals surface area contributed by atoms with Crippen molar-refractivity contribution in [1.29, 1.82) is 0 Å². The van der Waals surface area contributed by atoms with Crippen LogP contribution in [0.25, 0.3) is 0 Å². The maximum absolute atomic E-state index is 12.2. The summed E-state index contributed by atoms with van der Waals surface area (Å²) < 4.78 is 0. The van der Waals surface area contributed by atoms with Crippen LogP contribution in [0.3, 0.4) is 0 Å². The molecule has 0 saturated heterocycles. The van der Waals surface area contributed by atoms with Gasteiger partial charge in [-0.2, -0.15) is 0 Å². The zero-order valence-electron chi connectivity index (χ0n) is 9.70. The Morgan fingerprint density at radius 2 is 1.42 bits per heavy atom. The van der Waals surface area contributed by atoms with E-state index in [0.29, 0.717) is 11.1 Å². The molecule has 94 valence electrons. The van der Waals surface area contributed by atoms with Crippen LogP contribution in [0.4, 0.5) is 5.69 Å². The topological polar surface area (TPSA) is 77.8 Å². The van der Waals surface area contributed by atoms with Gasteiger partial charge in [-0.3, -0.25) is 9.59 Å². The van der Waals surface area contributed by atoms with E-state index in [1.807, 2.05) is 0 Å². The Morgan fingerprint density at radius 1 is 0.842 bits per heavy atom. The van der Waals surface area contributed by atoms with E-state index in [0.717, 1.165) is 11.0 Å². The van der Waals surface area contributed by atoms with Crippen LogP contribution >= 0.6 is 0 Å². The lowest BCUT2D eigenvalue weighted by atomic mass is 10.1. The lowest BCUT2D eigenvalue weighted by Gasteiger charge is -2.15. The Bertz CT molecular complexity index is 673. The summed E-state index contributed by atoms with van der Waals surface area (Å²) in [6, 6.07) is 10.2. The van der Waals surface area contributed by atoms with E-state index in [1.165, 1.54) is 12.1 Å². The third-order valence-corrected chi connectivity index (χ3v) is 2.99. The number of hydrogen-bond acceptors (Lipinski definition) is 4. The largest absolute Gasteiger partial charge is 0.508 e. The number of phenols is 2. The van der Waals surface area contributed by atoms with Crippen molar-refractivity contribution in [2.24, 2.45) is 0 Å². The molecule has 0 unspecified atom stereocenters. The fourth-order valence-electron chi connectivity index (χ4n) is 2.11. The minimum atomic E-state index is -0.485. The molecule has 1 aliphatic heterocycles. The molecule has 19 heavy (non-hydrogen) atoms. The highest BCUT2D eigenvalue weighted by molar-refractivity contribution is 6.34. The monoisotopic (exact) mass is 255 g/mol. The maximum Gasteiger partial charge on any atom is 0.266 e. The molecular formula is C14H9NO4. The summed E-state index contributed by atoms with van der Waals surface area (Å²) in [6.07, 6.45) is 0. The van der Waals surface area contributed by atoms with Crippen LogP contribution < -0.4 is 4.90 Å². The van der Waals surface area contributed by atoms with Gasteiger partial charge in [0, 0.05) is 6.07 Å². The number of benzene rings is 2. The number of aromatic hydroxyl groups is 2. The Labute approximate surface area is 108 Å². The second kappa shape index (κ2) is 3.84. The zero-order chi connectivity index (χ0) is 13.6. The Morgan fingerprint density at radius 3 is 1.95 bits per heavy atom. The molecule has 2 N–H and O–H groups in total. The van der Waals surface area contributed by atoms with Gasteiger partial charge in [0.2, 0.25) is 0 Å². The number of hydrogen-bond donors (Lipinski definition) is 2. The van der Waals surface area contributed by atoms with E-state index in [-0.39, 0.29) is 17.2 Å². The van der Waals surface area contributed by atoms with Crippen LogP contribution in [0.1, 0.15) is 20.7 Å². The summed E-state index contributed by atoms with van der Waals surface area (Å²) in [5.41, 5.74) is 0.670. The Kier molecular flexibility index (Phi) is 2.28. The van der Waals surface area contributed by atoms with Crippen LogP contribution in [-0.2, 0) is 0 Å². The molecule has 0 aromatic heterocycles. The van der Waals surface area contributed by atoms with Crippen molar-refractivity contribution in [2.45, 2.75) is 0 Å². The average Bonchev–Trinajstić information content (AvgIpc) is 2.64. The molecule has 0 spiro atoms. The normalized spacial score (nSPS) is 13.8. The standard InChI is InChI=1S/C14H9NO4/c16-8-5-6-11(12(17)7-8)15-13(18)9-3-1-2-4-10(9)14(15)19/h1-7,16-17H. The molecule has 5 nitrogen and oxygen atoms in total. The number of fused-ring (bicyclic) bond motifs is 1. The van der Waals surface area contributed by atoms with Crippen LogP contribution in [0, 0.1) is 0 Å². The van der Waals surface area contributed by atoms with Gasteiger partial charge in [-0.1, -0.05) is 12.1 Å². The quantitative estimate of drug-likeness (QED) is 0.763. The van der Waals surface area contributed by atoms with Gasteiger partial charge in [-0.05, 0) is 24.3 Å². The minimum absolute atomic E-state index is 0.0593. The third kappa shape index (κ3) is 1.55. The maximum atomic E-state index is 12.2. The fourth-order valence-corrected chi connectivity index (χ4v) is 2.11. The first-order chi connectivity index (χ1) is 9.09. The lowest BCUT2D eigenvalue weighted by molar-refractivity contribution is 0.0925. The smallest absolute Gasteiger partial charge is 0.266 e.